The number of nitrogens with one attached hydrogen (secondary N) is 1. The van der Waals surface area contributed by atoms with Crippen molar-refractivity contribution >= 4 is 21.9 Å². The molecule has 0 saturated carbocycles. The van der Waals surface area contributed by atoms with Crippen molar-refractivity contribution in [2.45, 2.75) is 24.3 Å². The number of amides is 1. The maximum absolute atomic E-state index is 12.4. The number of sulfonamides is 1. The summed E-state index contributed by atoms with van der Waals surface area (Å²) in [6.07, 6.45) is 0.692. The van der Waals surface area contributed by atoms with Gasteiger partial charge in [-0.3, -0.25) is 9.59 Å². The Balaban J connectivity index is 2.11. The first-order valence-corrected chi connectivity index (χ1v) is 8.65. The summed E-state index contributed by atoms with van der Waals surface area (Å²) in [5.74, 6) is -0.965. The number of fused-ring (bicyclic) bond motifs is 1. The van der Waals surface area contributed by atoms with Crippen LogP contribution in [-0.4, -0.2) is 46.2 Å². The molecule has 0 radical (unpaired) electrons. The van der Waals surface area contributed by atoms with Crippen LogP contribution in [0.4, 0.5) is 0 Å². The van der Waals surface area contributed by atoms with E-state index >= 15 is 0 Å². The number of primary amides is 1. The molecule has 1 amide bonds. The van der Waals surface area contributed by atoms with E-state index in [1.165, 1.54) is 25.1 Å². The third-order valence-electron chi connectivity index (χ3n) is 3.07. The molecule has 1 aromatic carbocycles. The first-order valence-electron chi connectivity index (χ1n) is 7.16. The van der Waals surface area contributed by atoms with Crippen molar-refractivity contribution < 1.29 is 32.2 Å². The SMILES string of the molecule is C[C@H](NS(=O)(=O)c1ccc2c(c1)OCCCO2)C(=O)OCC(N)=O. The van der Waals surface area contributed by atoms with Gasteiger partial charge >= 0.3 is 5.97 Å². The molecule has 0 fully saturated rings. The largest absolute Gasteiger partial charge is 0.490 e. The Bertz CT molecular complexity index is 733. The summed E-state index contributed by atoms with van der Waals surface area (Å²) in [6.45, 7) is 1.58. The predicted octanol–water partition coefficient (Wildman–Crippen LogP) is -0.457. The van der Waals surface area contributed by atoms with Crippen LogP contribution in [0, 0.1) is 0 Å². The fourth-order valence-electron chi connectivity index (χ4n) is 1.93. The topological polar surface area (TPSA) is 134 Å². The molecule has 1 aliphatic rings. The minimum atomic E-state index is -3.99. The summed E-state index contributed by atoms with van der Waals surface area (Å²) >= 11 is 0. The summed E-state index contributed by atoms with van der Waals surface area (Å²) in [7, 11) is -3.99. The van der Waals surface area contributed by atoms with Gasteiger partial charge in [0.2, 0.25) is 10.0 Å². The standard InChI is InChI=1S/C14H18N2O7S/c1-9(14(18)23-8-13(15)17)16-24(19,20)10-3-4-11-12(7-10)22-6-2-5-21-11/h3-4,7,9,16H,2,5-6,8H2,1H3,(H2,15,17)/t9-/m0/s1. The third-order valence-corrected chi connectivity index (χ3v) is 4.61. The Morgan fingerprint density at radius 2 is 1.96 bits per heavy atom. The average Bonchev–Trinajstić information content (AvgIpc) is 2.76. The summed E-state index contributed by atoms with van der Waals surface area (Å²) < 4.78 is 42.3. The third kappa shape index (κ3) is 4.59. The minimum Gasteiger partial charge on any atom is -0.490 e. The molecule has 2 rings (SSSR count). The molecule has 24 heavy (non-hydrogen) atoms. The van der Waals surface area contributed by atoms with Crippen molar-refractivity contribution in [3.8, 4) is 11.5 Å². The Morgan fingerprint density at radius 3 is 2.62 bits per heavy atom. The summed E-state index contributed by atoms with van der Waals surface area (Å²) in [5.41, 5.74) is 4.86. The van der Waals surface area contributed by atoms with Crippen LogP contribution in [0.3, 0.4) is 0 Å². The monoisotopic (exact) mass is 358 g/mol. The van der Waals surface area contributed by atoms with Crippen molar-refractivity contribution in [2.24, 2.45) is 5.73 Å². The Labute approximate surface area is 139 Å². The first-order chi connectivity index (χ1) is 11.3. The van der Waals surface area contributed by atoms with E-state index in [1.54, 1.807) is 0 Å². The lowest BCUT2D eigenvalue weighted by Crippen LogP contribution is -2.40. The number of nitrogens with two attached hydrogens (primary N) is 1. The zero-order chi connectivity index (χ0) is 17.7. The number of hydrogen-bond acceptors (Lipinski definition) is 7. The number of carbonyl (C=O) groups is 2. The molecule has 0 saturated heterocycles. The molecule has 0 aliphatic carbocycles. The second kappa shape index (κ2) is 7.49. The quantitative estimate of drug-likeness (QED) is 0.657. The number of hydrogen-bond donors (Lipinski definition) is 2. The molecular weight excluding hydrogens is 340 g/mol. The Hall–Kier alpha value is -2.33. The van der Waals surface area contributed by atoms with Crippen LogP contribution < -0.4 is 19.9 Å². The molecule has 9 nitrogen and oxygen atoms in total. The van der Waals surface area contributed by atoms with Crippen LogP contribution in [-0.2, 0) is 24.3 Å². The number of ether oxygens (including phenoxy) is 3. The van der Waals surface area contributed by atoms with E-state index in [-0.39, 0.29) is 4.90 Å². The zero-order valence-corrected chi connectivity index (χ0v) is 13.8. The van der Waals surface area contributed by atoms with Gasteiger partial charge in [-0.05, 0) is 19.1 Å². The Kier molecular flexibility index (Phi) is 5.62. The highest BCUT2D eigenvalue weighted by Crippen LogP contribution is 2.31. The molecule has 132 valence electrons. The lowest BCUT2D eigenvalue weighted by Gasteiger charge is -2.14. The van der Waals surface area contributed by atoms with Gasteiger partial charge in [-0.2, -0.15) is 4.72 Å². The smallest absolute Gasteiger partial charge is 0.324 e. The maximum atomic E-state index is 12.4. The molecule has 3 N–H and O–H groups in total. The van der Waals surface area contributed by atoms with E-state index < -0.39 is 34.5 Å². The van der Waals surface area contributed by atoms with Crippen molar-refractivity contribution in [1.82, 2.24) is 4.72 Å². The van der Waals surface area contributed by atoms with Gasteiger partial charge in [-0.1, -0.05) is 0 Å². The normalized spacial score (nSPS) is 15.2. The van der Waals surface area contributed by atoms with Crippen molar-refractivity contribution in [1.29, 1.82) is 0 Å². The molecule has 1 atom stereocenters. The van der Waals surface area contributed by atoms with Crippen LogP contribution in [0.5, 0.6) is 11.5 Å². The fraction of sp³-hybridized carbons (Fsp3) is 0.429. The number of rotatable bonds is 6. The summed E-state index contributed by atoms with van der Waals surface area (Å²) in [6, 6.07) is 2.97. The van der Waals surface area contributed by atoms with Gasteiger partial charge in [-0.15, -0.1) is 0 Å². The molecule has 1 heterocycles. The minimum absolute atomic E-state index is 0.0821. The first kappa shape index (κ1) is 18.0. The van der Waals surface area contributed by atoms with Gasteiger partial charge in [0.25, 0.3) is 5.91 Å². The highest BCUT2D eigenvalue weighted by atomic mass is 32.2. The van der Waals surface area contributed by atoms with Crippen LogP contribution >= 0.6 is 0 Å². The molecule has 10 heteroatoms. The van der Waals surface area contributed by atoms with E-state index in [0.717, 1.165) is 0 Å². The van der Waals surface area contributed by atoms with Crippen molar-refractivity contribution in [3.05, 3.63) is 18.2 Å². The van der Waals surface area contributed by atoms with E-state index in [9.17, 15) is 18.0 Å². The number of esters is 1. The molecular formula is C14H18N2O7S. The maximum Gasteiger partial charge on any atom is 0.324 e. The van der Waals surface area contributed by atoms with Gasteiger partial charge in [0, 0.05) is 12.5 Å². The zero-order valence-electron chi connectivity index (χ0n) is 13.0. The number of benzene rings is 1. The molecule has 1 aliphatic heterocycles. The second-order valence-corrected chi connectivity index (χ2v) is 6.79. The van der Waals surface area contributed by atoms with Gasteiger partial charge in [0.05, 0.1) is 18.1 Å². The van der Waals surface area contributed by atoms with Crippen LogP contribution in [0.25, 0.3) is 0 Å². The van der Waals surface area contributed by atoms with E-state index in [1.807, 2.05) is 0 Å². The van der Waals surface area contributed by atoms with Crippen molar-refractivity contribution in [3.63, 3.8) is 0 Å². The average molecular weight is 358 g/mol. The number of carbonyl (C=O) groups excluding carboxylic acids is 2. The summed E-state index contributed by atoms with van der Waals surface area (Å²) in [4.78, 5) is 22.1. The van der Waals surface area contributed by atoms with Crippen LogP contribution in [0.2, 0.25) is 0 Å². The molecule has 0 unspecified atom stereocenters. The van der Waals surface area contributed by atoms with Gasteiger partial charge in [-0.25, -0.2) is 8.42 Å². The molecule has 0 bridgehead atoms. The predicted molar refractivity (Wildman–Crippen MR) is 82.0 cm³/mol. The van der Waals surface area contributed by atoms with Crippen LogP contribution in [0.15, 0.2) is 23.1 Å². The Morgan fingerprint density at radius 1 is 1.29 bits per heavy atom. The highest BCUT2D eigenvalue weighted by molar-refractivity contribution is 7.89. The van der Waals surface area contributed by atoms with E-state index in [2.05, 4.69) is 9.46 Å². The van der Waals surface area contributed by atoms with Crippen LogP contribution in [0.1, 0.15) is 13.3 Å². The molecule has 1 aromatic rings. The highest BCUT2D eigenvalue weighted by Gasteiger charge is 2.25. The van der Waals surface area contributed by atoms with Gasteiger partial charge in [0.15, 0.2) is 18.1 Å². The van der Waals surface area contributed by atoms with Crippen molar-refractivity contribution in [2.75, 3.05) is 19.8 Å². The van der Waals surface area contributed by atoms with Gasteiger partial charge < -0.3 is 19.9 Å². The van der Waals surface area contributed by atoms with E-state index in [0.29, 0.717) is 31.1 Å². The second-order valence-electron chi connectivity index (χ2n) is 5.08. The molecule has 0 spiro atoms. The van der Waals surface area contributed by atoms with E-state index in [4.69, 9.17) is 15.2 Å². The summed E-state index contributed by atoms with van der Waals surface area (Å²) in [5, 5.41) is 0. The lowest BCUT2D eigenvalue weighted by atomic mass is 10.3. The molecule has 0 aromatic heterocycles. The lowest BCUT2D eigenvalue weighted by molar-refractivity contribution is -0.149. The van der Waals surface area contributed by atoms with Gasteiger partial charge in [0.1, 0.15) is 6.04 Å². The fourth-order valence-corrected chi connectivity index (χ4v) is 3.13.